The molecule has 1 aromatic rings. The van der Waals surface area contributed by atoms with E-state index in [4.69, 9.17) is 10.2 Å². The van der Waals surface area contributed by atoms with Crippen LogP contribution in [-0.2, 0) is 20.8 Å². The lowest BCUT2D eigenvalue weighted by molar-refractivity contribution is -0.147. The zero-order valence-corrected chi connectivity index (χ0v) is 10.1. The molecule has 0 aromatic heterocycles. The number of halogens is 2. The average molecular weight is 287 g/mol. The van der Waals surface area contributed by atoms with Gasteiger partial charge in [-0.2, -0.15) is 0 Å². The van der Waals surface area contributed by atoms with Crippen LogP contribution in [0.3, 0.4) is 0 Å². The molecule has 8 heteroatoms. The minimum atomic E-state index is -1.58. The van der Waals surface area contributed by atoms with E-state index in [9.17, 15) is 23.2 Å². The topological polar surface area (TPSA) is 104 Å². The van der Waals surface area contributed by atoms with E-state index in [0.717, 1.165) is 12.1 Å². The molecule has 0 aliphatic rings. The first-order valence-corrected chi connectivity index (χ1v) is 5.47. The van der Waals surface area contributed by atoms with Gasteiger partial charge < -0.3 is 15.5 Å². The van der Waals surface area contributed by atoms with Gasteiger partial charge >= 0.3 is 11.9 Å². The number of aliphatic carboxylic acids is 2. The third kappa shape index (κ3) is 4.63. The van der Waals surface area contributed by atoms with E-state index in [1.165, 1.54) is 6.07 Å². The van der Waals surface area contributed by atoms with Gasteiger partial charge in [-0.3, -0.25) is 9.59 Å². The van der Waals surface area contributed by atoms with E-state index in [2.05, 4.69) is 0 Å². The summed E-state index contributed by atoms with van der Waals surface area (Å²) in [6.45, 7) is 0. The van der Waals surface area contributed by atoms with Crippen molar-refractivity contribution in [3.8, 4) is 0 Å². The highest BCUT2D eigenvalue weighted by Crippen LogP contribution is 2.09. The molecule has 0 saturated carbocycles. The van der Waals surface area contributed by atoms with Gasteiger partial charge in [0.25, 0.3) is 0 Å². The molecule has 3 N–H and O–H groups in total. The van der Waals surface area contributed by atoms with E-state index >= 15 is 0 Å². The van der Waals surface area contributed by atoms with Gasteiger partial charge in [-0.05, 0) is 17.7 Å². The van der Waals surface area contributed by atoms with Crippen molar-refractivity contribution in [2.75, 3.05) is 0 Å². The molecule has 0 saturated heterocycles. The fourth-order valence-corrected chi connectivity index (χ4v) is 1.46. The largest absolute Gasteiger partial charge is 0.481 e. The summed E-state index contributed by atoms with van der Waals surface area (Å²) in [6, 6.07) is 1.24. The SMILES string of the molecule is O=C(O)C[C@@H](NC(=O)Cc1ccc(F)c(F)c1)C(=O)O. The number of nitrogens with one attached hydrogen (secondary N) is 1. The predicted molar refractivity (Wildman–Crippen MR) is 61.9 cm³/mol. The van der Waals surface area contributed by atoms with Crippen molar-refractivity contribution in [3.05, 3.63) is 35.4 Å². The summed E-state index contributed by atoms with van der Waals surface area (Å²) < 4.78 is 25.6. The number of carboxylic acid groups (broad SMARTS) is 2. The van der Waals surface area contributed by atoms with Crippen LogP contribution >= 0.6 is 0 Å². The lowest BCUT2D eigenvalue weighted by Gasteiger charge is -2.12. The Morgan fingerprint density at radius 2 is 1.80 bits per heavy atom. The number of hydrogen-bond acceptors (Lipinski definition) is 3. The smallest absolute Gasteiger partial charge is 0.326 e. The summed E-state index contributed by atoms with van der Waals surface area (Å²) in [7, 11) is 0. The van der Waals surface area contributed by atoms with E-state index in [1.807, 2.05) is 5.32 Å². The molecule has 0 bridgehead atoms. The van der Waals surface area contributed by atoms with Crippen molar-refractivity contribution in [1.29, 1.82) is 0 Å². The molecule has 0 aliphatic heterocycles. The maximum Gasteiger partial charge on any atom is 0.326 e. The highest BCUT2D eigenvalue weighted by atomic mass is 19.2. The maximum atomic E-state index is 12.9. The predicted octanol–water partition coefficient (Wildman–Crippen LogP) is 0.551. The van der Waals surface area contributed by atoms with Gasteiger partial charge in [-0.15, -0.1) is 0 Å². The van der Waals surface area contributed by atoms with Crippen LogP contribution in [0.25, 0.3) is 0 Å². The normalized spacial score (nSPS) is 11.7. The molecule has 0 aliphatic carbocycles. The van der Waals surface area contributed by atoms with Gasteiger partial charge in [0.2, 0.25) is 5.91 Å². The molecule has 108 valence electrons. The van der Waals surface area contributed by atoms with Crippen LogP contribution in [-0.4, -0.2) is 34.1 Å². The molecule has 0 fully saturated rings. The second kappa shape index (κ2) is 6.60. The lowest BCUT2D eigenvalue weighted by Crippen LogP contribution is -2.42. The molecular formula is C12H11F2NO5. The van der Waals surface area contributed by atoms with Crippen LogP contribution in [0, 0.1) is 11.6 Å². The molecule has 0 heterocycles. The number of rotatable bonds is 6. The Kier molecular flexibility index (Phi) is 5.13. The van der Waals surface area contributed by atoms with E-state index in [1.54, 1.807) is 0 Å². The van der Waals surface area contributed by atoms with Gasteiger partial charge in [0, 0.05) is 0 Å². The summed E-state index contributed by atoms with van der Waals surface area (Å²) in [5, 5.41) is 19.2. The van der Waals surface area contributed by atoms with Gasteiger partial charge in [-0.1, -0.05) is 6.07 Å². The first kappa shape index (κ1) is 15.5. The van der Waals surface area contributed by atoms with Crippen molar-refractivity contribution in [2.45, 2.75) is 18.9 Å². The van der Waals surface area contributed by atoms with Gasteiger partial charge in [0.15, 0.2) is 11.6 Å². The molecule has 1 amide bonds. The van der Waals surface area contributed by atoms with Crippen LogP contribution < -0.4 is 5.32 Å². The molecule has 6 nitrogen and oxygen atoms in total. The van der Waals surface area contributed by atoms with E-state index in [0.29, 0.717) is 0 Å². The Balaban J connectivity index is 2.67. The zero-order valence-electron chi connectivity index (χ0n) is 10.1. The van der Waals surface area contributed by atoms with Gasteiger partial charge in [0.1, 0.15) is 6.04 Å². The second-order valence-electron chi connectivity index (χ2n) is 3.98. The maximum absolute atomic E-state index is 12.9. The van der Waals surface area contributed by atoms with Crippen molar-refractivity contribution in [2.24, 2.45) is 0 Å². The van der Waals surface area contributed by atoms with Gasteiger partial charge in [0.05, 0.1) is 12.8 Å². The lowest BCUT2D eigenvalue weighted by atomic mass is 10.1. The quantitative estimate of drug-likeness (QED) is 0.709. The van der Waals surface area contributed by atoms with Crippen LogP contribution in [0.15, 0.2) is 18.2 Å². The highest BCUT2D eigenvalue weighted by molar-refractivity contribution is 5.87. The van der Waals surface area contributed by atoms with Crippen molar-refractivity contribution < 1.29 is 33.4 Å². The summed E-state index contributed by atoms with van der Waals surface area (Å²) >= 11 is 0. The fourth-order valence-electron chi connectivity index (χ4n) is 1.46. The molecule has 1 rings (SSSR count). The standard InChI is InChI=1S/C12H11F2NO5/c13-7-2-1-6(3-8(7)14)4-10(16)15-9(12(19)20)5-11(17)18/h1-3,9H,4-5H2,(H,15,16)(H,17,18)(H,19,20)/t9-/m1/s1. The Bertz CT molecular complexity index is 547. The summed E-state index contributed by atoms with van der Waals surface area (Å²) in [5.74, 6) is -5.87. The van der Waals surface area contributed by atoms with E-state index in [-0.39, 0.29) is 12.0 Å². The third-order valence-corrected chi connectivity index (χ3v) is 2.36. The minimum Gasteiger partial charge on any atom is -0.481 e. The highest BCUT2D eigenvalue weighted by Gasteiger charge is 2.23. The summed E-state index contributed by atoms with van der Waals surface area (Å²) in [6.07, 6.45) is -1.17. The number of amides is 1. The van der Waals surface area contributed by atoms with Crippen molar-refractivity contribution in [3.63, 3.8) is 0 Å². The number of carboxylic acids is 2. The summed E-state index contributed by atoms with van der Waals surface area (Å²) in [4.78, 5) is 32.7. The Morgan fingerprint density at radius 1 is 1.15 bits per heavy atom. The minimum absolute atomic E-state index is 0.140. The summed E-state index contributed by atoms with van der Waals surface area (Å²) in [5.41, 5.74) is 0.140. The van der Waals surface area contributed by atoms with Crippen LogP contribution in [0.5, 0.6) is 0 Å². The number of hydrogen-bond donors (Lipinski definition) is 3. The first-order valence-electron chi connectivity index (χ1n) is 5.47. The fraction of sp³-hybridized carbons (Fsp3) is 0.250. The van der Waals surface area contributed by atoms with Crippen LogP contribution in [0.2, 0.25) is 0 Å². The number of carbonyl (C=O) groups excluding carboxylic acids is 1. The Hall–Kier alpha value is -2.51. The molecular weight excluding hydrogens is 276 g/mol. The Morgan fingerprint density at radius 3 is 2.30 bits per heavy atom. The van der Waals surface area contributed by atoms with Crippen molar-refractivity contribution >= 4 is 17.8 Å². The van der Waals surface area contributed by atoms with Gasteiger partial charge in [-0.25, -0.2) is 13.6 Å². The van der Waals surface area contributed by atoms with E-state index < -0.39 is 41.9 Å². The molecule has 1 aromatic carbocycles. The second-order valence-corrected chi connectivity index (χ2v) is 3.98. The molecule has 1 atom stereocenters. The molecule has 0 radical (unpaired) electrons. The Labute approximate surface area is 112 Å². The first-order chi connectivity index (χ1) is 9.29. The molecule has 0 spiro atoms. The zero-order chi connectivity index (χ0) is 15.3. The van der Waals surface area contributed by atoms with Crippen molar-refractivity contribution in [1.82, 2.24) is 5.32 Å². The van der Waals surface area contributed by atoms with Crippen LogP contribution in [0.1, 0.15) is 12.0 Å². The van der Waals surface area contributed by atoms with Crippen LogP contribution in [0.4, 0.5) is 8.78 Å². The molecule has 0 unspecified atom stereocenters. The number of carbonyl (C=O) groups is 3. The number of benzene rings is 1. The monoisotopic (exact) mass is 287 g/mol. The average Bonchev–Trinajstić information content (AvgIpc) is 2.32. The molecule has 20 heavy (non-hydrogen) atoms. The third-order valence-electron chi connectivity index (χ3n) is 2.36.